The van der Waals surface area contributed by atoms with Crippen LogP contribution in [-0.2, 0) is 18.3 Å². The van der Waals surface area contributed by atoms with E-state index in [4.69, 9.17) is 0 Å². The molecular formula is C14H13N3O3. The molecule has 0 spiro atoms. The average Bonchev–Trinajstić information content (AvgIpc) is 2.81. The largest absolute Gasteiger partial charge is 0.480 e. The highest BCUT2D eigenvalue weighted by atomic mass is 16.4. The first kappa shape index (κ1) is 12.4. The molecule has 6 nitrogen and oxygen atoms in total. The van der Waals surface area contributed by atoms with Crippen molar-refractivity contribution >= 4 is 17.5 Å². The van der Waals surface area contributed by atoms with Crippen LogP contribution in [0.2, 0.25) is 0 Å². The van der Waals surface area contributed by atoms with Crippen molar-refractivity contribution in [3.8, 4) is 0 Å². The summed E-state index contributed by atoms with van der Waals surface area (Å²) in [6.07, 6.45) is 0.427. The van der Waals surface area contributed by atoms with Crippen LogP contribution < -0.4 is 10.5 Å². The normalized spacial score (nSPS) is 17.1. The Morgan fingerprint density at radius 1 is 1.30 bits per heavy atom. The molecule has 0 amide bonds. The van der Waals surface area contributed by atoms with Crippen LogP contribution in [0.4, 0.5) is 11.5 Å². The molecule has 1 aliphatic rings. The number of rotatable bonds is 2. The number of aromatic nitrogens is 2. The first-order chi connectivity index (χ1) is 9.58. The van der Waals surface area contributed by atoms with Crippen molar-refractivity contribution < 1.29 is 9.90 Å². The van der Waals surface area contributed by atoms with Crippen molar-refractivity contribution in [1.82, 2.24) is 9.78 Å². The summed E-state index contributed by atoms with van der Waals surface area (Å²) in [4.78, 5) is 24.5. The number of para-hydroxylation sites is 1. The third-order valence-corrected chi connectivity index (χ3v) is 3.45. The second-order valence-corrected chi connectivity index (χ2v) is 4.71. The Kier molecular flexibility index (Phi) is 2.78. The second-order valence-electron chi connectivity index (χ2n) is 4.71. The van der Waals surface area contributed by atoms with Crippen LogP contribution >= 0.6 is 0 Å². The van der Waals surface area contributed by atoms with Gasteiger partial charge in [0, 0.05) is 25.2 Å². The summed E-state index contributed by atoms with van der Waals surface area (Å²) in [7, 11) is 1.55. The van der Waals surface area contributed by atoms with Gasteiger partial charge in [0.05, 0.1) is 0 Å². The van der Waals surface area contributed by atoms with Gasteiger partial charge in [-0.05, 0) is 17.7 Å². The SMILES string of the molecule is Cn1nc(N2c3ccccc3C[C@@H]2C(=O)O)ccc1=O. The van der Waals surface area contributed by atoms with Gasteiger partial charge in [-0.2, -0.15) is 5.10 Å². The van der Waals surface area contributed by atoms with Crippen molar-refractivity contribution in [3.63, 3.8) is 0 Å². The quantitative estimate of drug-likeness (QED) is 0.879. The van der Waals surface area contributed by atoms with Gasteiger partial charge in [-0.15, -0.1) is 0 Å². The van der Waals surface area contributed by atoms with Crippen LogP contribution in [0.15, 0.2) is 41.2 Å². The molecule has 20 heavy (non-hydrogen) atoms. The predicted molar refractivity (Wildman–Crippen MR) is 73.2 cm³/mol. The average molecular weight is 271 g/mol. The van der Waals surface area contributed by atoms with Gasteiger partial charge in [-0.25, -0.2) is 9.48 Å². The highest BCUT2D eigenvalue weighted by Crippen LogP contribution is 2.36. The minimum atomic E-state index is -0.906. The Bertz CT molecular complexity index is 738. The molecule has 1 aromatic carbocycles. The number of nitrogens with zero attached hydrogens (tertiary/aromatic N) is 3. The van der Waals surface area contributed by atoms with Crippen molar-refractivity contribution in [2.45, 2.75) is 12.5 Å². The molecule has 1 aliphatic heterocycles. The van der Waals surface area contributed by atoms with E-state index in [1.54, 1.807) is 18.0 Å². The number of hydrogen-bond donors (Lipinski definition) is 1. The molecule has 6 heteroatoms. The maximum absolute atomic E-state index is 11.5. The molecule has 0 fully saturated rings. The van der Waals surface area contributed by atoms with Gasteiger partial charge in [-0.3, -0.25) is 4.79 Å². The van der Waals surface area contributed by atoms with E-state index in [-0.39, 0.29) is 5.56 Å². The zero-order valence-electron chi connectivity index (χ0n) is 10.9. The van der Waals surface area contributed by atoms with Crippen LogP contribution in [0.5, 0.6) is 0 Å². The number of carboxylic acids is 1. The number of aryl methyl sites for hydroxylation is 1. The first-order valence-corrected chi connectivity index (χ1v) is 6.22. The number of fused-ring (bicyclic) bond motifs is 1. The van der Waals surface area contributed by atoms with Crippen molar-refractivity contribution in [3.05, 3.63) is 52.3 Å². The lowest BCUT2D eigenvalue weighted by atomic mass is 10.1. The first-order valence-electron chi connectivity index (χ1n) is 6.22. The maximum Gasteiger partial charge on any atom is 0.327 e. The van der Waals surface area contributed by atoms with E-state index in [0.717, 1.165) is 11.3 Å². The van der Waals surface area contributed by atoms with E-state index in [1.807, 2.05) is 24.3 Å². The number of carboxylic acid groups (broad SMARTS) is 1. The third-order valence-electron chi connectivity index (χ3n) is 3.45. The lowest BCUT2D eigenvalue weighted by Gasteiger charge is -2.23. The van der Waals surface area contributed by atoms with Gasteiger partial charge in [-0.1, -0.05) is 18.2 Å². The molecule has 0 aliphatic carbocycles. The van der Waals surface area contributed by atoms with E-state index in [2.05, 4.69) is 5.10 Å². The predicted octanol–water partition coefficient (Wildman–Crippen LogP) is 0.928. The van der Waals surface area contributed by atoms with Gasteiger partial charge in [0.25, 0.3) is 5.56 Å². The Morgan fingerprint density at radius 3 is 2.75 bits per heavy atom. The van der Waals surface area contributed by atoms with Crippen molar-refractivity contribution in [2.24, 2.45) is 7.05 Å². The van der Waals surface area contributed by atoms with Crippen LogP contribution in [0, 0.1) is 0 Å². The Balaban J connectivity index is 2.15. The molecule has 0 unspecified atom stereocenters. The second kappa shape index (κ2) is 4.48. The van der Waals surface area contributed by atoms with Crippen LogP contribution in [0.25, 0.3) is 0 Å². The zero-order chi connectivity index (χ0) is 14.3. The summed E-state index contributed by atoms with van der Waals surface area (Å²) < 4.78 is 1.20. The number of anilines is 2. The molecule has 0 bridgehead atoms. The summed E-state index contributed by atoms with van der Waals surface area (Å²) in [5, 5.41) is 13.6. The highest BCUT2D eigenvalue weighted by Gasteiger charge is 2.36. The Morgan fingerprint density at radius 2 is 2.05 bits per heavy atom. The number of aliphatic carboxylic acids is 1. The zero-order valence-corrected chi connectivity index (χ0v) is 10.9. The molecule has 2 aromatic rings. The smallest absolute Gasteiger partial charge is 0.327 e. The Labute approximate surface area is 114 Å². The van der Waals surface area contributed by atoms with Gasteiger partial charge < -0.3 is 10.0 Å². The van der Waals surface area contributed by atoms with E-state index >= 15 is 0 Å². The molecular weight excluding hydrogens is 258 g/mol. The molecule has 0 saturated carbocycles. The lowest BCUT2D eigenvalue weighted by Crippen LogP contribution is -2.36. The van der Waals surface area contributed by atoms with Crippen molar-refractivity contribution in [2.75, 3.05) is 4.90 Å². The number of carbonyl (C=O) groups is 1. The van der Waals surface area contributed by atoms with Crippen LogP contribution in [0.1, 0.15) is 5.56 Å². The van der Waals surface area contributed by atoms with Gasteiger partial charge in [0.15, 0.2) is 5.82 Å². The molecule has 3 rings (SSSR count). The number of hydrogen-bond acceptors (Lipinski definition) is 4. The minimum Gasteiger partial charge on any atom is -0.480 e. The van der Waals surface area contributed by atoms with E-state index in [9.17, 15) is 14.7 Å². The van der Waals surface area contributed by atoms with E-state index in [1.165, 1.54) is 10.7 Å². The number of benzene rings is 1. The van der Waals surface area contributed by atoms with Crippen molar-refractivity contribution in [1.29, 1.82) is 0 Å². The third kappa shape index (κ3) is 1.85. The standard InChI is InChI=1S/C14H13N3O3/c1-16-13(18)7-6-12(15-16)17-10-5-3-2-4-9(10)8-11(17)14(19)20/h2-7,11H,8H2,1H3,(H,19,20)/t11-/m1/s1. The van der Waals surface area contributed by atoms with Gasteiger partial charge in [0.1, 0.15) is 6.04 Å². The molecule has 102 valence electrons. The van der Waals surface area contributed by atoms with Gasteiger partial charge >= 0.3 is 5.97 Å². The lowest BCUT2D eigenvalue weighted by molar-refractivity contribution is -0.138. The van der Waals surface area contributed by atoms with E-state index < -0.39 is 12.0 Å². The van der Waals surface area contributed by atoms with E-state index in [0.29, 0.717) is 12.2 Å². The van der Waals surface area contributed by atoms with Gasteiger partial charge in [0.2, 0.25) is 0 Å². The summed E-state index contributed by atoms with van der Waals surface area (Å²) in [5.74, 6) is -0.443. The van der Waals surface area contributed by atoms with Crippen LogP contribution in [0.3, 0.4) is 0 Å². The fourth-order valence-electron chi connectivity index (χ4n) is 2.49. The topological polar surface area (TPSA) is 75.4 Å². The highest BCUT2D eigenvalue weighted by molar-refractivity contribution is 5.86. The molecule has 2 heterocycles. The molecule has 0 saturated heterocycles. The minimum absolute atomic E-state index is 0.229. The monoisotopic (exact) mass is 271 g/mol. The maximum atomic E-state index is 11.5. The fraction of sp³-hybridized carbons (Fsp3) is 0.214. The summed E-state index contributed by atoms with van der Waals surface area (Å²) >= 11 is 0. The molecule has 1 aromatic heterocycles. The Hall–Kier alpha value is -2.63. The summed E-state index contributed by atoms with van der Waals surface area (Å²) in [6.45, 7) is 0. The molecule has 1 atom stereocenters. The van der Waals surface area contributed by atoms with Crippen LogP contribution in [-0.4, -0.2) is 26.9 Å². The molecule has 0 radical (unpaired) electrons. The molecule has 1 N–H and O–H groups in total. The summed E-state index contributed by atoms with van der Waals surface area (Å²) in [6, 6.07) is 9.77. The fourth-order valence-corrected chi connectivity index (χ4v) is 2.49. The summed E-state index contributed by atoms with van der Waals surface area (Å²) in [5.41, 5.74) is 1.56.